The molecule has 0 aliphatic rings. The molecule has 0 saturated heterocycles. The van der Waals surface area contributed by atoms with Crippen molar-refractivity contribution in [3.63, 3.8) is 0 Å². The Bertz CT molecular complexity index is 408. The Kier molecular flexibility index (Phi) is 1.40. The maximum Gasteiger partial charge on any atom is 0.300 e. The number of rotatable bonds is 1. The summed E-state index contributed by atoms with van der Waals surface area (Å²) < 4.78 is 1.62. The van der Waals surface area contributed by atoms with Crippen molar-refractivity contribution < 1.29 is 5.11 Å². The van der Waals surface area contributed by atoms with E-state index >= 15 is 0 Å². The van der Waals surface area contributed by atoms with E-state index in [0.717, 1.165) is 5.52 Å². The van der Waals surface area contributed by atoms with Gasteiger partial charge < -0.3 is 10.4 Å². The van der Waals surface area contributed by atoms with E-state index in [4.69, 9.17) is 0 Å². The van der Waals surface area contributed by atoms with E-state index in [9.17, 15) is 5.11 Å². The summed E-state index contributed by atoms with van der Waals surface area (Å²) in [7, 11) is 1.77. The van der Waals surface area contributed by atoms with E-state index in [1.54, 1.807) is 17.6 Å². The molecule has 2 aromatic heterocycles. The molecule has 62 valence electrons. The SMILES string of the molecule is CNc1nc(O)n2ccccc12. The number of pyridine rings is 1. The normalized spacial score (nSPS) is 10.4. The second-order valence-electron chi connectivity index (χ2n) is 2.47. The topological polar surface area (TPSA) is 49.6 Å². The van der Waals surface area contributed by atoms with Gasteiger partial charge in [0.05, 0.1) is 5.52 Å². The predicted octanol–water partition coefficient (Wildman–Crippen LogP) is 1.08. The van der Waals surface area contributed by atoms with Gasteiger partial charge in [0, 0.05) is 13.2 Å². The molecule has 2 heterocycles. The number of hydrogen-bond acceptors (Lipinski definition) is 3. The average molecular weight is 163 g/mol. The first-order valence-electron chi connectivity index (χ1n) is 3.66. The van der Waals surface area contributed by atoms with Gasteiger partial charge in [0.15, 0.2) is 5.82 Å². The van der Waals surface area contributed by atoms with Gasteiger partial charge in [-0.2, -0.15) is 4.98 Å². The molecule has 0 bridgehead atoms. The van der Waals surface area contributed by atoms with Crippen molar-refractivity contribution in [3.8, 4) is 6.01 Å². The lowest BCUT2D eigenvalue weighted by Crippen LogP contribution is -1.88. The number of nitrogens with zero attached hydrogens (tertiary/aromatic N) is 2. The third kappa shape index (κ3) is 0.812. The van der Waals surface area contributed by atoms with Gasteiger partial charge in [-0.25, -0.2) is 0 Å². The molecule has 0 aliphatic carbocycles. The first-order valence-corrected chi connectivity index (χ1v) is 3.66. The van der Waals surface area contributed by atoms with E-state index < -0.39 is 0 Å². The van der Waals surface area contributed by atoms with E-state index in [2.05, 4.69) is 10.3 Å². The maximum absolute atomic E-state index is 9.34. The summed E-state index contributed by atoms with van der Waals surface area (Å²) in [4.78, 5) is 3.92. The molecule has 0 fully saturated rings. The molecule has 0 unspecified atom stereocenters. The Balaban J connectivity index is 2.82. The van der Waals surface area contributed by atoms with Gasteiger partial charge in [-0.1, -0.05) is 6.07 Å². The lowest BCUT2D eigenvalue weighted by atomic mass is 10.4. The van der Waals surface area contributed by atoms with Crippen LogP contribution in [-0.4, -0.2) is 21.5 Å². The first kappa shape index (κ1) is 6.97. The molecule has 2 aromatic rings. The number of hydrogen-bond donors (Lipinski definition) is 2. The Morgan fingerprint density at radius 2 is 2.33 bits per heavy atom. The van der Waals surface area contributed by atoms with Gasteiger partial charge in [-0.05, 0) is 12.1 Å². The van der Waals surface area contributed by atoms with Crippen LogP contribution < -0.4 is 5.32 Å². The van der Waals surface area contributed by atoms with E-state index in [-0.39, 0.29) is 6.01 Å². The Labute approximate surface area is 69.5 Å². The molecule has 12 heavy (non-hydrogen) atoms. The molecule has 0 aliphatic heterocycles. The summed E-state index contributed by atoms with van der Waals surface area (Å²) in [5, 5.41) is 12.2. The average Bonchev–Trinajstić information content (AvgIpc) is 2.44. The van der Waals surface area contributed by atoms with Gasteiger partial charge in [0.25, 0.3) is 0 Å². The van der Waals surface area contributed by atoms with Gasteiger partial charge in [-0.15, -0.1) is 0 Å². The molecular weight excluding hydrogens is 154 g/mol. The minimum Gasteiger partial charge on any atom is -0.480 e. The molecule has 0 saturated carbocycles. The summed E-state index contributed by atoms with van der Waals surface area (Å²) in [6.45, 7) is 0. The van der Waals surface area contributed by atoms with Gasteiger partial charge in [0.1, 0.15) is 0 Å². The van der Waals surface area contributed by atoms with Crippen molar-refractivity contribution in [2.24, 2.45) is 0 Å². The van der Waals surface area contributed by atoms with Gasteiger partial charge in [-0.3, -0.25) is 4.40 Å². The zero-order valence-electron chi connectivity index (χ0n) is 6.65. The summed E-state index contributed by atoms with van der Waals surface area (Å²) in [6.07, 6.45) is 1.76. The van der Waals surface area contributed by atoms with Crippen LogP contribution >= 0.6 is 0 Å². The number of anilines is 1. The highest BCUT2D eigenvalue weighted by molar-refractivity contribution is 5.69. The molecule has 4 nitrogen and oxygen atoms in total. The number of nitrogens with one attached hydrogen (secondary N) is 1. The fourth-order valence-electron chi connectivity index (χ4n) is 1.21. The summed E-state index contributed by atoms with van der Waals surface area (Å²) in [5.41, 5.74) is 0.873. The van der Waals surface area contributed by atoms with E-state index in [1.807, 2.05) is 18.2 Å². The molecule has 0 atom stereocenters. The molecule has 0 radical (unpaired) electrons. The maximum atomic E-state index is 9.34. The van der Waals surface area contributed by atoms with E-state index in [0.29, 0.717) is 5.82 Å². The first-order chi connectivity index (χ1) is 5.83. The Hall–Kier alpha value is -1.71. The van der Waals surface area contributed by atoms with E-state index in [1.165, 1.54) is 0 Å². The monoisotopic (exact) mass is 163 g/mol. The largest absolute Gasteiger partial charge is 0.480 e. The lowest BCUT2D eigenvalue weighted by molar-refractivity contribution is 0.428. The van der Waals surface area contributed by atoms with Crippen LogP contribution in [0.4, 0.5) is 5.82 Å². The fraction of sp³-hybridized carbons (Fsp3) is 0.125. The molecule has 0 aromatic carbocycles. The second-order valence-corrected chi connectivity index (χ2v) is 2.47. The number of fused-ring (bicyclic) bond motifs is 1. The minimum absolute atomic E-state index is 0.00921. The van der Waals surface area contributed by atoms with Crippen LogP contribution in [0.25, 0.3) is 5.52 Å². The molecule has 2 rings (SSSR count). The highest BCUT2D eigenvalue weighted by Gasteiger charge is 2.05. The third-order valence-electron chi connectivity index (χ3n) is 1.77. The highest BCUT2D eigenvalue weighted by atomic mass is 16.3. The van der Waals surface area contributed by atoms with Crippen molar-refractivity contribution in [1.29, 1.82) is 0 Å². The summed E-state index contributed by atoms with van der Waals surface area (Å²) in [5.74, 6) is 0.688. The molecule has 0 spiro atoms. The van der Waals surface area contributed by atoms with Crippen LogP contribution in [0.1, 0.15) is 0 Å². The van der Waals surface area contributed by atoms with Crippen LogP contribution in [0.5, 0.6) is 6.01 Å². The van der Waals surface area contributed by atoms with Crippen molar-refractivity contribution in [3.05, 3.63) is 24.4 Å². The molecule has 4 heteroatoms. The van der Waals surface area contributed by atoms with Gasteiger partial charge in [0.2, 0.25) is 0 Å². The predicted molar refractivity (Wildman–Crippen MR) is 46.4 cm³/mol. The zero-order chi connectivity index (χ0) is 8.55. The van der Waals surface area contributed by atoms with Crippen molar-refractivity contribution in [2.75, 3.05) is 12.4 Å². The quantitative estimate of drug-likeness (QED) is 0.661. The van der Waals surface area contributed by atoms with Crippen LogP contribution in [0.3, 0.4) is 0 Å². The second kappa shape index (κ2) is 2.41. The molecule has 2 N–H and O–H groups in total. The lowest BCUT2D eigenvalue weighted by Gasteiger charge is -1.94. The summed E-state index contributed by atoms with van der Waals surface area (Å²) in [6, 6.07) is 5.64. The molecular formula is C8H9N3O. The number of aromatic hydroxyl groups is 1. The number of aromatic nitrogens is 2. The fourth-order valence-corrected chi connectivity index (χ4v) is 1.21. The van der Waals surface area contributed by atoms with Crippen molar-refractivity contribution in [2.45, 2.75) is 0 Å². The minimum atomic E-state index is 0.00921. The Morgan fingerprint density at radius 1 is 1.50 bits per heavy atom. The number of imidazole rings is 1. The van der Waals surface area contributed by atoms with Gasteiger partial charge >= 0.3 is 6.01 Å². The smallest absolute Gasteiger partial charge is 0.300 e. The third-order valence-corrected chi connectivity index (χ3v) is 1.77. The van der Waals surface area contributed by atoms with Crippen LogP contribution in [0.15, 0.2) is 24.4 Å². The standard InChI is InChI=1S/C8H9N3O/c1-9-7-6-4-2-3-5-11(6)8(12)10-7/h2-5,9H,1H3,(H,10,12). The Morgan fingerprint density at radius 3 is 3.08 bits per heavy atom. The van der Waals surface area contributed by atoms with Crippen LogP contribution in [-0.2, 0) is 0 Å². The van der Waals surface area contributed by atoms with Crippen molar-refractivity contribution >= 4 is 11.3 Å². The van der Waals surface area contributed by atoms with Crippen molar-refractivity contribution in [1.82, 2.24) is 9.38 Å². The summed E-state index contributed by atoms with van der Waals surface area (Å²) >= 11 is 0. The molecule has 0 amide bonds. The zero-order valence-corrected chi connectivity index (χ0v) is 6.65. The van der Waals surface area contributed by atoms with Crippen LogP contribution in [0, 0.1) is 0 Å². The van der Waals surface area contributed by atoms with Crippen LogP contribution in [0.2, 0.25) is 0 Å². The highest BCUT2D eigenvalue weighted by Crippen LogP contribution is 2.20.